The maximum Gasteiger partial charge on any atom is 0.0815 e. The number of aromatic nitrogens is 2. The summed E-state index contributed by atoms with van der Waals surface area (Å²) in [4.78, 5) is 0. The molecule has 1 aliphatic rings. The lowest BCUT2D eigenvalue weighted by Crippen LogP contribution is -2.13. The molecule has 0 unspecified atom stereocenters. The quantitative estimate of drug-likeness (QED) is 0.836. The number of nitrogens with one attached hydrogen (secondary N) is 1. The van der Waals surface area contributed by atoms with Crippen molar-refractivity contribution in [2.24, 2.45) is 0 Å². The zero-order chi connectivity index (χ0) is 14.7. The van der Waals surface area contributed by atoms with Crippen molar-refractivity contribution in [3.8, 4) is 0 Å². The highest BCUT2D eigenvalue weighted by Crippen LogP contribution is 2.27. The van der Waals surface area contributed by atoms with Crippen LogP contribution in [0.25, 0.3) is 0 Å². The molecular formula is C17H22BrN3. The maximum atomic E-state index is 4.74. The van der Waals surface area contributed by atoms with E-state index in [1.807, 2.05) is 0 Å². The van der Waals surface area contributed by atoms with Gasteiger partial charge in [0.05, 0.1) is 18.3 Å². The summed E-state index contributed by atoms with van der Waals surface area (Å²) in [5.74, 6) is 0. The summed E-state index contributed by atoms with van der Waals surface area (Å²) in [6, 6.07) is 9.12. The number of nitrogens with zero attached hydrogens (tertiary/aromatic N) is 2. The van der Waals surface area contributed by atoms with Gasteiger partial charge in [-0.2, -0.15) is 5.10 Å². The molecule has 4 heteroatoms. The fourth-order valence-corrected chi connectivity index (χ4v) is 3.66. The van der Waals surface area contributed by atoms with Crippen LogP contribution in [0, 0.1) is 6.92 Å². The molecule has 0 spiro atoms. The Morgan fingerprint density at radius 3 is 2.81 bits per heavy atom. The zero-order valence-electron chi connectivity index (χ0n) is 12.5. The predicted molar refractivity (Wildman–Crippen MR) is 90.6 cm³/mol. The van der Waals surface area contributed by atoms with Crippen LogP contribution in [-0.4, -0.2) is 9.78 Å². The van der Waals surface area contributed by atoms with Gasteiger partial charge in [0.15, 0.2) is 0 Å². The van der Waals surface area contributed by atoms with E-state index in [0.717, 1.165) is 22.4 Å². The summed E-state index contributed by atoms with van der Waals surface area (Å²) in [7, 11) is 0. The highest BCUT2D eigenvalue weighted by molar-refractivity contribution is 9.10. The maximum absolute atomic E-state index is 4.74. The van der Waals surface area contributed by atoms with Crippen molar-refractivity contribution in [3.63, 3.8) is 0 Å². The highest BCUT2D eigenvalue weighted by Gasteiger charge is 2.15. The van der Waals surface area contributed by atoms with Gasteiger partial charge in [-0.1, -0.05) is 35.2 Å². The van der Waals surface area contributed by atoms with Crippen LogP contribution in [0.5, 0.6) is 0 Å². The summed E-state index contributed by atoms with van der Waals surface area (Å²) in [6.45, 7) is 2.88. The fourth-order valence-electron chi connectivity index (χ4n) is 3.05. The molecule has 3 nitrogen and oxygen atoms in total. The monoisotopic (exact) mass is 347 g/mol. The molecular weight excluding hydrogens is 326 g/mol. The molecule has 2 aromatic rings. The van der Waals surface area contributed by atoms with Crippen molar-refractivity contribution >= 4 is 21.6 Å². The van der Waals surface area contributed by atoms with E-state index in [4.69, 9.17) is 5.10 Å². The normalized spacial score (nSPS) is 16.1. The lowest BCUT2D eigenvalue weighted by molar-refractivity contribution is 0.328. The molecule has 0 amide bonds. The van der Waals surface area contributed by atoms with Gasteiger partial charge in [0, 0.05) is 16.4 Å². The van der Waals surface area contributed by atoms with E-state index in [1.54, 1.807) is 0 Å². The van der Waals surface area contributed by atoms with Gasteiger partial charge in [0.2, 0.25) is 0 Å². The predicted octanol–water partition coefficient (Wildman–Crippen LogP) is 5.07. The van der Waals surface area contributed by atoms with Crippen LogP contribution in [-0.2, 0) is 6.54 Å². The first-order chi connectivity index (χ1) is 10.2. The van der Waals surface area contributed by atoms with Crippen LogP contribution in [0.1, 0.15) is 49.4 Å². The molecule has 1 heterocycles. The average Bonchev–Trinajstić information content (AvgIpc) is 2.94. The van der Waals surface area contributed by atoms with Gasteiger partial charge < -0.3 is 5.32 Å². The number of hydrogen-bond acceptors (Lipinski definition) is 2. The third-order valence-electron chi connectivity index (χ3n) is 4.13. The Kier molecular flexibility index (Phi) is 4.63. The van der Waals surface area contributed by atoms with E-state index in [0.29, 0.717) is 6.04 Å². The molecule has 1 N–H and O–H groups in total. The third-order valence-corrected chi connectivity index (χ3v) is 4.59. The number of hydrogen-bond donors (Lipinski definition) is 1. The molecule has 112 valence electrons. The summed E-state index contributed by atoms with van der Waals surface area (Å²) < 4.78 is 3.28. The van der Waals surface area contributed by atoms with Crippen LogP contribution in [0.3, 0.4) is 0 Å². The highest BCUT2D eigenvalue weighted by atomic mass is 79.9. The van der Waals surface area contributed by atoms with Crippen molar-refractivity contribution < 1.29 is 0 Å². The summed E-state index contributed by atoms with van der Waals surface area (Å²) in [5, 5.41) is 8.19. The molecule has 0 atom stereocenters. The smallest absolute Gasteiger partial charge is 0.0815 e. The topological polar surface area (TPSA) is 29.9 Å². The Bertz CT molecular complexity index is 580. The molecule has 21 heavy (non-hydrogen) atoms. The van der Waals surface area contributed by atoms with Gasteiger partial charge in [0.25, 0.3) is 0 Å². The third kappa shape index (κ3) is 3.88. The number of aryl methyl sites for hydroxylation is 1. The van der Waals surface area contributed by atoms with Crippen molar-refractivity contribution in [2.75, 3.05) is 5.32 Å². The lowest BCUT2D eigenvalue weighted by Gasteiger charge is -2.21. The van der Waals surface area contributed by atoms with E-state index in [1.165, 1.54) is 37.7 Å². The SMILES string of the molecule is Cc1cc(Br)cc(NCc2ccn(C3CCCCC3)n2)c1. The van der Waals surface area contributed by atoms with Gasteiger partial charge in [-0.15, -0.1) is 0 Å². The van der Waals surface area contributed by atoms with Crippen LogP contribution in [0.2, 0.25) is 0 Å². The van der Waals surface area contributed by atoms with Crippen molar-refractivity contribution in [2.45, 2.75) is 51.6 Å². The Hall–Kier alpha value is -1.29. The number of benzene rings is 1. The second-order valence-electron chi connectivity index (χ2n) is 5.95. The van der Waals surface area contributed by atoms with Crippen molar-refractivity contribution in [3.05, 3.63) is 46.2 Å². The first kappa shape index (κ1) is 14.6. The molecule has 0 bridgehead atoms. The minimum absolute atomic E-state index is 0.612. The van der Waals surface area contributed by atoms with Crippen LogP contribution in [0.4, 0.5) is 5.69 Å². The summed E-state index contributed by atoms with van der Waals surface area (Å²) >= 11 is 3.54. The molecule has 1 aromatic heterocycles. The Morgan fingerprint density at radius 1 is 1.24 bits per heavy atom. The summed E-state index contributed by atoms with van der Waals surface area (Å²) in [5.41, 5.74) is 3.49. The molecule has 0 radical (unpaired) electrons. The van der Waals surface area contributed by atoms with E-state index >= 15 is 0 Å². The summed E-state index contributed by atoms with van der Waals surface area (Å²) in [6.07, 6.45) is 8.76. The van der Waals surface area contributed by atoms with Gasteiger partial charge in [0.1, 0.15) is 0 Å². The van der Waals surface area contributed by atoms with Crippen LogP contribution >= 0.6 is 15.9 Å². The van der Waals surface area contributed by atoms with Gasteiger partial charge in [-0.05, 0) is 49.6 Å². The zero-order valence-corrected chi connectivity index (χ0v) is 14.1. The van der Waals surface area contributed by atoms with E-state index in [9.17, 15) is 0 Å². The molecule has 1 fully saturated rings. The first-order valence-electron chi connectivity index (χ1n) is 7.76. The minimum atomic E-state index is 0.612. The lowest BCUT2D eigenvalue weighted by atomic mass is 9.96. The van der Waals surface area contributed by atoms with E-state index in [-0.39, 0.29) is 0 Å². The largest absolute Gasteiger partial charge is 0.379 e. The standard InChI is InChI=1S/C17H22BrN3/c1-13-9-14(18)11-16(10-13)19-12-15-7-8-21(20-15)17-5-3-2-4-6-17/h7-11,17,19H,2-6,12H2,1H3. The molecule has 1 aliphatic carbocycles. The van der Waals surface area contributed by atoms with Crippen LogP contribution in [0.15, 0.2) is 34.9 Å². The fraction of sp³-hybridized carbons (Fsp3) is 0.471. The Balaban J connectivity index is 1.61. The first-order valence-corrected chi connectivity index (χ1v) is 8.55. The van der Waals surface area contributed by atoms with Crippen molar-refractivity contribution in [1.29, 1.82) is 0 Å². The van der Waals surface area contributed by atoms with Crippen molar-refractivity contribution in [1.82, 2.24) is 9.78 Å². The Morgan fingerprint density at radius 2 is 2.05 bits per heavy atom. The number of anilines is 1. The number of halogens is 1. The van der Waals surface area contributed by atoms with Gasteiger partial charge >= 0.3 is 0 Å². The van der Waals surface area contributed by atoms with Crippen LogP contribution < -0.4 is 5.32 Å². The second-order valence-corrected chi connectivity index (χ2v) is 6.87. The molecule has 3 rings (SSSR count). The Labute approximate surface area is 134 Å². The van der Waals surface area contributed by atoms with E-state index in [2.05, 4.69) is 63.3 Å². The molecule has 1 aromatic carbocycles. The van der Waals surface area contributed by atoms with Gasteiger partial charge in [-0.25, -0.2) is 0 Å². The average molecular weight is 348 g/mol. The molecule has 0 aliphatic heterocycles. The van der Waals surface area contributed by atoms with E-state index < -0.39 is 0 Å². The number of rotatable bonds is 4. The second kappa shape index (κ2) is 6.65. The minimum Gasteiger partial charge on any atom is -0.379 e. The van der Waals surface area contributed by atoms with Gasteiger partial charge in [-0.3, -0.25) is 4.68 Å². The molecule has 0 saturated heterocycles. The molecule has 1 saturated carbocycles.